The molecule has 0 aliphatic carbocycles. The van der Waals surface area contributed by atoms with Crippen LogP contribution in [0.2, 0.25) is 0 Å². The number of nitrogens with zero attached hydrogens (tertiary/aromatic N) is 2. The molecule has 0 aliphatic rings. The van der Waals surface area contributed by atoms with Crippen LogP contribution < -0.4 is 5.73 Å². The van der Waals surface area contributed by atoms with E-state index in [2.05, 4.69) is 9.99 Å². The highest BCUT2D eigenvalue weighted by atomic mass is 32.2. The summed E-state index contributed by atoms with van der Waals surface area (Å²) in [4.78, 5) is 42.7. The van der Waals surface area contributed by atoms with E-state index in [9.17, 15) is 14.4 Å². The van der Waals surface area contributed by atoms with Gasteiger partial charge in [0.25, 0.3) is 0 Å². The zero-order valence-corrected chi connectivity index (χ0v) is 14.8. The number of oxime groups is 1. The molecule has 1 atom stereocenters. The average Bonchev–Trinajstić information content (AvgIpc) is 2.54. The molecule has 0 aromatic carbocycles. The highest BCUT2D eigenvalue weighted by Crippen LogP contribution is 2.09. The van der Waals surface area contributed by atoms with Gasteiger partial charge in [-0.2, -0.15) is 5.06 Å². The largest absolute Gasteiger partial charge is 0.480 e. The van der Waals surface area contributed by atoms with Crippen LogP contribution >= 0.6 is 23.5 Å². The van der Waals surface area contributed by atoms with Gasteiger partial charge in [0.1, 0.15) is 6.04 Å². The van der Waals surface area contributed by atoms with Crippen molar-refractivity contribution in [3.63, 3.8) is 0 Å². The first kappa shape index (κ1) is 21.5. The van der Waals surface area contributed by atoms with Gasteiger partial charge in [-0.15, -0.1) is 0 Å². The SMILES string of the molecule is CSC(=O)ON=C(C)N(CCCC[C@H](N)C(=O)O)OC(=O)SC. The molecule has 0 aliphatic heterocycles. The van der Waals surface area contributed by atoms with Crippen LogP contribution in [0.4, 0.5) is 9.59 Å². The molecule has 132 valence electrons. The van der Waals surface area contributed by atoms with Gasteiger partial charge in [0.2, 0.25) is 0 Å². The van der Waals surface area contributed by atoms with Crippen LogP contribution in [0.25, 0.3) is 0 Å². The second-order valence-electron chi connectivity index (χ2n) is 4.27. The standard InChI is InChI=1S/C12H21N3O6S2/c1-8(14-20-11(18)22-2)15(21-12(19)23-3)7-5-4-6-9(13)10(16)17/h9H,4-7,13H2,1-3H3,(H,16,17)/t9-/m0/s1. The number of amidine groups is 1. The molecule has 0 unspecified atom stereocenters. The van der Waals surface area contributed by atoms with Crippen molar-refractivity contribution in [3.05, 3.63) is 0 Å². The van der Waals surface area contributed by atoms with Crippen LogP contribution in [0.5, 0.6) is 0 Å². The molecule has 0 spiro atoms. The predicted molar refractivity (Wildman–Crippen MR) is 89.3 cm³/mol. The van der Waals surface area contributed by atoms with Gasteiger partial charge in [0, 0.05) is 6.92 Å². The molecule has 0 saturated carbocycles. The van der Waals surface area contributed by atoms with E-state index >= 15 is 0 Å². The topological polar surface area (TPSA) is 132 Å². The lowest BCUT2D eigenvalue weighted by Crippen LogP contribution is -2.33. The van der Waals surface area contributed by atoms with Crippen molar-refractivity contribution >= 4 is 45.9 Å². The number of thioether (sulfide) groups is 2. The maximum absolute atomic E-state index is 11.4. The Kier molecular flexibility index (Phi) is 11.3. The molecule has 0 saturated heterocycles. The third kappa shape index (κ3) is 10.0. The zero-order chi connectivity index (χ0) is 17.8. The van der Waals surface area contributed by atoms with Crippen LogP contribution in [0.15, 0.2) is 5.16 Å². The molecular formula is C12H21N3O6S2. The Hall–Kier alpha value is -1.46. The summed E-state index contributed by atoms with van der Waals surface area (Å²) in [7, 11) is 0. The van der Waals surface area contributed by atoms with E-state index in [1.165, 1.54) is 12.0 Å². The number of carboxylic acids is 1. The number of hydrogen-bond donors (Lipinski definition) is 2. The molecular weight excluding hydrogens is 346 g/mol. The number of hydrogen-bond acceptors (Lipinski definition) is 9. The highest BCUT2D eigenvalue weighted by Gasteiger charge is 2.15. The summed E-state index contributed by atoms with van der Waals surface area (Å²) < 4.78 is 0. The Bertz CT molecular complexity index is 447. The van der Waals surface area contributed by atoms with Crippen LogP contribution in [-0.2, 0) is 14.5 Å². The van der Waals surface area contributed by atoms with Gasteiger partial charge in [-0.3, -0.25) is 4.79 Å². The molecule has 0 aromatic rings. The number of aliphatic carboxylic acids is 1. The van der Waals surface area contributed by atoms with Crippen LogP contribution in [0, 0.1) is 0 Å². The van der Waals surface area contributed by atoms with E-state index < -0.39 is 22.6 Å². The quantitative estimate of drug-likeness (QED) is 0.227. The van der Waals surface area contributed by atoms with Crippen molar-refractivity contribution in [1.29, 1.82) is 0 Å². The molecule has 0 bridgehead atoms. The number of hydroxylamine groups is 2. The maximum atomic E-state index is 11.4. The van der Waals surface area contributed by atoms with Gasteiger partial charge in [0.15, 0.2) is 5.84 Å². The van der Waals surface area contributed by atoms with E-state index in [4.69, 9.17) is 15.7 Å². The molecule has 11 heteroatoms. The molecule has 9 nitrogen and oxygen atoms in total. The zero-order valence-electron chi connectivity index (χ0n) is 13.2. The van der Waals surface area contributed by atoms with Crippen molar-refractivity contribution < 1.29 is 29.2 Å². The van der Waals surface area contributed by atoms with Gasteiger partial charge in [-0.05, 0) is 55.3 Å². The second kappa shape index (κ2) is 12.0. The average molecular weight is 367 g/mol. The Morgan fingerprint density at radius 3 is 2.35 bits per heavy atom. The summed E-state index contributed by atoms with van der Waals surface area (Å²) in [6, 6.07) is -0.922. The summed E-state index contributed by atoms with van der Waals surface area (Å²) >= 11 is 1.74. The minimum Gasteiger partial charge on any atom is -0.480 e. The Labute approximate surface area is 142 Å². The van der Waals surface area contributed by atoms with Crippen molar-refractivity contribution in [2.45, 2.75) is 32.2 Å². The summed E-state index contributed by atoms with van der Waals surface area (Å²) in [5.74, 6) is -0.866. The summed E-state index contributed by atoms with van der Waals surface area (Å²) in [6.07, 6.45) is 4.46. The Morgan fingerprint density at radius 2 is 1.83 bits per heavy atom. The molecule has 0 heterocycles. The first-order valence-electron chi connectivity index (χ1n) is 6.63. The number of unbranched alkanes of at least 4 members (excludes halogenated alkanes) is 1. The summed E-state index contributed by atoms with van der Waals surface area (Å²) in [5.41, 5.74) is 5.41. The number of carbonyl (C=O) groups is 3. The Morgan fingerprint density at radius 1 is 1.22 bits per heavy atom. The first-order chi connectivity index (χ1) is 10.8. The van der Waals surface area contributed by atoms with Crippen molar-refractivity contribution in [1.82, 2.24) is 5.06 Å². The third-order valence-corrected chi connectivity index (χ3v) is 3.39. The molecule has 0 aromatic heterocycles. The normalized spacial score (nSPS) is 12.4. The third-order valence-electron chi connectivity index (χ3n) is 2.57. The number of nitrogens with two attached hydrogens (primary N) is 1. The monoisotopic (exact) mass is 367 g/mol. The highest BCUT2D eigenvalue weighted by molar-refractivity contribution is 8.12. The number of carboxylic acid groups (broad SMARTS) is 1. The second-order valence-corrected chi connectivity index (χ2v) is 5.76. The molecule has 0 amide bonds. The van der Waals surface area contributed by atoms with Gasteiger partial charge in [0.05, 0.1) is 6.54 Å². The molecule has 3 N–H and O–H groups in total. The van der Waals surface area contributed by atoms with E-state index in [0.29, 0.717) is 19.3 Å². The summed E-state index contributed by atoms with van der Waals surface area (Å²) in [6.45, 7) is 1.79. The van der Waals surface area contributed by atoms with E-state index in [1.807, 2.05) is 0 Å². The molecule has 0 radical (unpaired) electrons. The van der Waals surface area contributed by atoms with E-state index in [1.54, 1.807) is 12.5 Å². The maximum Gasteiger partial charge on any atom is 0.393 e. The van der Waals surface area contributed by atoms with E-state index in [-0.39, 0.29) is 12.4 Å². The van der Waals surface area contributed by atoms with Crippen LogP contribution in [-0.4, -0.2) is 57.7 Å². The fourth-order valence-electron chi connectivity index (χ4n) is 1.33. The lowest BCUT2D eigenvalue weighted by Gasteiger charge is -2.21. The summed E-state index contributed by atoms with van der Waals surface area (Å²) in [5, 5.41) is 12.3. The van der Waals surface area contributed by atoms with Gasteiger partial charge < -0.3 is 20.5 Å². The van der Waals surface area contributed by atoms with E-state index in [0.717, 1.165) is 23.5 Å². The lowest BCUT2D eigenvalue weighted by atomic mass is 10.1. The number of rotatable bonds is 7. The van der Waals surface area contributed by atoms with Crippen molar-refractivity contribution in [3.8, 4) is 0 Å². The van der Waals surface area contributed by atoms with Gasteiger partial charge in [-0.1, -0.05) is 5.16 Å². The van der Waals surface area contributed by atoms with Crippen LogP contribution in [0.1, 0.15) is 26.2 Å². The Balaban J connectivity index is 4.53. The lowest BCUT2D eigenvalue weighted by molar-refractivity contribution is -0.138. The fourth-order valence-corrected chi connectivity index (χ4v) is 1.61. The number of carbonyl (C=O) groups excluding carboxylic acids is 2. The van der Waals surface area contributed by atoms with Gasteiger partial charge >= 0.3 is 16.6 Å². The minimum absolute atomic E-state index is 0.192. The minimum atomic E-state index is -1.06. The molecule has 0 rings (SSSR count). The van der Waals surface area contributed by atoms with Crippen molar-refractivity contribution in [2.24, 2.45) is 10.9 Å². The predicted octanol–water partition coefficient (Wildman–Crippen LogP) is 2.12. The fraction of sp³-hybridized carbons (Fsp3) is 0.667. The molecule has 23 heavy (non-hydrogen) atoms. The van der Waals surface area contributed by atoms with Crippen molar-refractivity contribution in [2.75, 3.05) is 19.1 Å². The van der Waals surface area contributed by atoms with Gasteiger partial charge in [-0.25, -0.2) is 9.59 Å². The first-order valence-corrected chi connectivity index (χ1v) is 9.08. The molecule has 0 fully saturated rings. The smallest absolute Gasteiger partial charge is 0.393 e. The van der Waals surface area contributed by atoms with Crippen LogP contribution in [0.3, 0.4) is 0 Å².